The summed E-state index contributed by atoms with van der Waals surface area (Å²) in [7, 11) is 9.88. The van der Waals surface area contributed by atoms with Crippen LogP contribution in [0.1, 0.15) is 37.0 Å². The molecule has 37 heavy (non-hydrogen) atoms. The van der Waals surface area contributed by atoms with Crippen molar-refractivity contribution in [3.05, 3.63) is 41.0 Å². The van der Waals surface area contributed by atoms with Crippen molar-refractivity contribution in [2.75, 3.05) is 55.7 Å². The van der Waals surface area contributed by atoms with Crippen LogP contribution in [0, 0.1) is 24.2 Å². The summed E-state index contributed by atoms with van der Waals surface area (Å²) in [6.45, 7) is 7.19. The predicted molar refractivity (Wildman–Crippen MR) is 144 cm³/mol. The second-order valence-electron chi connectivity index (χ2n) is 9.66. The summed E-state index contributed by atoms with van der Waals surface area (Å²) < 4.78 is 27.3. The maximum absolute atomic E-state index is 11.1. The fourth-order valence-corrected chi connectivity index (χ4v) is 4.76. The molecule has 0 bridgehead atoms. The number of aliphatic hydroxyl groups excluding tert-OH is 1. The van der Waals surface area contributed by atoms with Crippen LogP contribution in [0.25, 0.3) is 0 Å². The summed E-state index contributed by atoms with van der Waals surface area (Å²) in [5.41, 5.74) is 2.05. The Bertz CT molecular complexity index is 1060. The van der Waals surface area contributed by atoms with Crippen LogP contribution in [0.2, 0.25) is 0 Å². The van der Waals surface area contributed by atoms with Gasteiger partial charge in [-0.3, -0.25) is 0 Å². The lowest BCUT2D eigenvalue weighted by Gasteiger charge is -2.35. The molecule has 8 heteroatoms. The zero-order valence-corrected chi connectivity index (χ0v) is 23.7. The van der Waals surface area contributed by atoms with Gasteiger partial charge in [0.2, 0.25) is 5.75 Å². The van der Waals surface area contributed by atoms with Gasteiger partial charge in [-0.15, -0.1) is 0 Å². The Balaban J connectivity index is 2.22. The molecule has 2 aromatic carbocycles. The Labute approximate surface area is 221 Å². The highest BCUT2D eigenvalue weighted by molar-refractivity contribution is 5.56. The SMILES string of the molecule is COc1cc(C)c(CCN(C)CC(O)CC(C#N)(c2cc(OC)c(OC)c(OC)c2)C(C)C)cc1OC. The zero-order valence-electron chi connectivity index (χ0n) is 23.7. The summed E-state index contributed by atoms with van der Waals surface area (Å²) in [6, 6.07) is 10.1. The first-order valence-corrected chi connectivity index (χ1v) is 12.4. The lowest BCUT2D eigenvalue weighted by atomic mass is 9.69. The maximum atomic E-state index is 11.1. The first kappa shape index (κ1) is 30.1. The van der Waals surface area contributed by atoms with Gasteiger partial charge in [0.15, 0.2) is 23.0 Å². The molecule has 0 amide bonds. The Morgan fingerprint density at radius 1 is 0.892 bits per heavy atom. The van der Waals surface area contributed by atoms with Crippen molar-refractivity contribution in [2.24, 2.45) is 5.92 Å². The van der Waals surface area contributed by atoms with Crippen molar-refractivity contribution in [3.63, 3.8) is 0 Å². The molecule has 0 aliphatic heterocycles. The van der Waals surface area contributed by atoms with Crippen LogP contribution in [-0.4, -0.2) is 71.8 Å². The van der Waals surface area contributed by atoms with E-state index in [0.29, 0.717) is 35.3 Å². The van der Waals surface area contributed by atoms with Crippen molar-refractivity contribution in [1.29, 1.82) is 5.26 Å². The first-order chi connectivity index (χ1) is 17.6. The number of rotatable bonds is 14. The minimum atomic E-state index is -0.951. The van der Waals surface area contributed by atoms with E-state index in [1.54, 1.807) is 47.7 Å². The minimum absolute atomic E-state index is 0.0744. The van der Waals surface area contributed by atoms with Gasteiger partial charge >= 0.3 is 0 Å². The lowest BCUT2D eigenvalue weighted by molar-refractivity contribution is 0.0932. The van der Waals surface area contributed by atoms with Gasteiger partial charge < -0.3 is 33.7 Å². The second-order valence-corrected chi connectivity index (χ2v) is 9.66. The molecule has 2 aromatic rings. The quantitative estimate of drug-likeness (QED) is 0.397. The smallest absolute Gasteiger partial charge is 0.203 e. The Morgan fingerprint density at radius 2 is 1.43 bits per heavy atom. The van der Waals surface area contributed by atoms with Crippen LogP contribution in [0.4, 0.5) is 0 Å². The van der Waals surface area contributed by atoms with E-state index < -0.39 is 11.5 Å². The van der Waals surface area contributed by atoms with Gasteiger partial charge in [-0.05, 0) is 73.7 Å². The van der Waals surface area contributed by atoms with E-state index in [2.05, 4.69) is 11.0 Å². The van der Waals surface area contributed by atoms with Gasteiger partial charge in [0, 0.05) is 13.1 Å². The molecule has 0 heterocycles. The number of aryl methyl sites for hydroxylation is 1. The van der Waals surface area contributed by atoms with Crippen LogP contribution in [0.3, 0.4) is 0 Å². The fraction of sp³-hybridized carbons (Fsp3) is 0.552. The standard InChI is InChI=1S/C29H42N2O6/c1-19(2)29(18-30,22-14-26(35-7)28(37-9)27(15-22)36-8)16-23(32)17-31(4)11-10-21-13-25(34-6)24(33-5)12-20(21)3/h12-15,19,23,32H,10-11,16-17H2,1-9H3. The summed E-state index contributed by atoms with van der Waals surface area (Å²) >= 11 is 0. The van der Waals surface area contributed by atoms with E-state index in [-0.39, 0.29) is 12.3 Å². The molecule has 2 rings (SSSR count). The number of hydrogen-bond donors (Lipinski definition) is 1. The average Bonchev–Trinajstić information content (AvgIpc) is 2.89. The summed E-state index contributed by atoms with van der Waals surface area (Å²) in [5, 5.41) is 21.5. The number of methoxy groups -OCH3 is 5. The molecule has 0 saturated heterocycles. The maximum Gasteiger partial charge on any atom is 0.203 e. The molecule has 0 aromatic heterocycles. The molecular formula is C29H42N2O6. The van der Waals surface area contributed by atoms with Gasteiger partial charge in [-0.25, -0.2) is 0 Å². The van der Waals surface area contributed by atoms with Crippen molar-refractivity contribution in [1.82, 2.24) is 4.90 Å². The molecule has 204 valence electrons. The molecule has 0 aliphatic carbocycles. The summed E-state index contributed by atoms with van der Waals surface area (Å²) in [6.07, 6.45) is 0.327. The van der Waals surface area contributed by atoms with E-state index in [9.17, 15) is 10.4 Å². The molecule has 0 fully saturated rings. The molecule has 0 aliphatic rings. The third kappa shape index (κ3) is 6.79. The Hall–Kier alpha value is -3.15. The van der Waals surface area contributed by atoms with Gasteiger partial charge in [0.05, 0.1) is 53.1 Å². The van der Waals surface area contributed by atoms with Gasteiger partial charge in [-0.1, -0.05) is 13.8 Å². The molecule has 1 N–H and O–H groups in total. The predicted octanol–water partition coefficient (Wildman–Crippen LogP) is 4.38. The zero-order chi connectivity index (χ0) is 27.8. The molecule has 0 saturated carbocycles. The molecule has 2 atom stereocenters. The van der Waals surface area contributed by atoms with Gasteiger partial charge in [0.25, 0.3) is 0 Å². The molecule has 2 unspecified atom stereocenters. The van der Waals surface area contributed by atoms with E-state index >= 15 is 0 Å². The number of likely N-dealkylation sites (N-methyl/N-ethyl adjacent to an activating group) is 1. The molecule has 0 radical (unpaired) electrons. The van der Waals surface area contributed by atoms with Crippen LogP contribution in [0.15, 0.2) is 24.3 Å². The van der Waals surface area contributed by atoms with Crippen molar-refractivity contribution >= 4 is 0 Å². The number of benzene rings is 2. The van der Waals surface area contributed by atoms with Gasteiger partial charge in [0.1, 0.15) is 0 Å². The number of nitrogens with zero attached hydrogens (tertiary/aromatic N) is 2. The van der Waals surface area contributed by atoms with Crippen molar-refractivity contribution < 1.29 is 28.8 Å². The Morgan fingerprint density at radius 3 is 1.89 bits per heavy atom. The van der Waals surface area contributed by atoms with E-state index in [1.807, 2.05) is 40.0 Å². The average molecular weight is 515 g/mol. The number of aliphatic hydroxyl groups is 1. The molecule has 8 nitrogen and oxygen atoms in total. The first-order valence-electron chi connectivity index (χ1n) is 12.4. The van der Waals surface area contributed by atoms with Crippen LogP contribution < -0.4 is 23.7 Å². The molecule has 0 spiro atoms. The number of ether oxygens (including phenoxy) is 5. The third-order valence-electron chi connectivity index (χ3n) is 7.05. The highest BCUT2D eigenvalue weighted by atomic mass is 16.5. The van der Waals surface area contributed by atoms with E-state index in [1.165, 1.54) is 0 Å². The van der Waals surface area contributed by atoms with Crippen LogP contribution >= 0.6 is 0 Å². The summed E-state index contributed by atoms with van der Waals surface area (Å²) in [4.78, 5) is 2.08. The minimum Gasteiger partial charge on any atom is -0.493 e. The lowest BCUT2D eigenvalue weighted by Crippen LogP contribution is -2.39. The second kappa shape index (κ2) is 13.4. The van der Waals surface area contributed by atoms with Gasteiger partial charge in [-0.2, -0.15) is 5.26 Å². The normalized spacial score (nSPS) is 13.6. The monoisotopic (exact) mass is 514 g/mol. The largest absolute Gasteiger partial charge is 0.493 e. The fourth-order valence-electron chi connectivity index (χ4n) is 4.76. The van der Waals surface area contributed by atoms with Crippen molar-refractivity contribution in [3.8, 4) is 34.8 Å². The number of hydrogen-bond acceptors (Lipinski definition) is 8. The molecular weight excluding hydrogens is 472 g/mol. The highest BCUT2D eigenvalue weighted by Crippen LogP contribution is 2.45. The van der Waals surface area contributed by atoms with E-state index in [4.69, 9.17) is 23.7 Å². The van der Waals surface area contributed by atoms with E-state index in [0.717, 1.165) is 29.7 Å². The topological polar surface area (TPSA) is 93.4 Å². The Kier molecular flexibility index (Phi) is 10.9. The highest BCUT2D eigenvalue weighted by Gasteiger charge is 2.39. The number of nitriles is 1. The van der Waals surface area contributed by atoms with Crippen LogP contribution in [-0.2, 0) is 11.8 Å². The van der Waals surface area contributed by atoms with Crippen LogP contribution in [0.5, 0.6) is 28.7 Å². The summed E-state index contributed by atoms with van der Waals surface area (Å²) in [5.74, 6) is 2.76. The third-order valence-corrected chi connectivity index (χ3v) is 7.05. The van der Waals surface area contributed by atoms with Crippen molar-refractivity contribution in [2.45, 2.75) is 45.1 Å².